The van der Waals surface area contributed by atoms with Crippen LogP contribution in [0.1, 0.15) is 26.6 Å². The molecule has 8 heteroatoms. The summed E-state index contributed by atoms with van der Waals surface area (Å²) >= 11 is 0. The highest BCUT2D eigenvalue weighted by atomic mass is 16.6. The van der Waals surface area contributed by atoms with Crippen LogP contribution in [-0.2, 0) is 0 Å². The van der Waals surface area contributed by atoms with E-state index in [1.165, 1.54) is 25.7 Å². The average molecular weight is 530 g/mol. The Bertz CT molecular complexity index is 1870. The Morgan fingerprint density at radius 2 is 1.70 bits per heavy atom. The minimum atomic E-state index is -0.641. The van der Waals surface area contributed by atoms with E-state index in [1.807, 2.05) is 60.7 Å². The predicted molar refractivity (Wildman–Crippen MR) is 153 cm³/mol. The number of esters is 1. The Morgan fingerprint density at radius 3 is 2.50 bits per heavy atom. The van der Waals surface area contributed by atoms with Gasteiger partial charge in [-0.05, 0) is 46.8 Å². The summed E-state index contributed by atoms with van der Waals surface area (Å²) in [5, 5.41) is 7.22. The van der Waals surface area contributed by atoms with Gasteiger partial charge in [-0.2, -0.15) is 5.10 Å². The summed E-state index contributed by atoms with van der Waals surface area (Å²) in [5.74, 6) is -0.397. The van der Waals surface area contributed by atoms with E-state index in [9.17, 15) is 9.59 Å². The molecule has 40 heavy (non-hydrogen) atoms. The summed E-state index contributed by atoms with van der Waals surface area (Å²) in [6.45, 7) is 0. The molecular weight excluding hydrogens is 506 g/mol. The van der Waals surface area contributed by atoms with Crippen LogP contribution in [0.4, 0.5) is 0 Å². The number of fused-ring (bicyclic) bond motifs is 3. The van der Waals surface area contributed by atoms with Crippen molar-refractivity contribution in [3.63, 3.8) is 0 Å². The van der Waals surface area contributed by atoms with Crippen LogP contribution in [-0.4, -0.2) is 30.2 Å². The minimum absolute atomic E-state index is 0.0789. The molecule has 0 atom stereocenters. The van der Waals surface area contributed by atoms with Gasteiger partial charge in [-0.25, -0.2) is 10.2 Å². The van der Waals surface area contributed by atoms with Crippen LogP contribution in [0.25, 0.3) is 32.8 Å². The molecule has 6 aromatic rings. The summed E-state index contributed by atoms with van der Waals surface area (Å²) in [6, 6.07) is 29.9. The van der Waals surface area contributed by atoms with Crippen LogP contribution in [0.5, 0.6) is 11.5 Å². The summed E-state index contributed by atoms with van der Waals surface area (Å²) in [5.41, 5.74) is 6.27. The minimum Gasteiger partial charge on any atom is -0.493 e. The Labute approximate surface area is 228 Å². The molecule has 0 saturated carbocycles. The lowest BCUT2D eigenvalue weighted by atomic mass is 9.99. The van der Waals surface area contributed by atoms with E-state index in [-0.39, 0.29) is 17.4 Å². The van der Waals surface area contributed by atoms with Crippen molar-refractivity contribution in [3.8, 4) is 22.6 Å². The van der Waals surface area contributed by atoms with Gasteiger partial charge in [-0.15, -0.1) is 0 Å². The van der Waals surface area contributed by atoms with Crippen LogP contribution >= 0.6 is 0 Å². The van der Waals surface area contributed by atoms with E-state index in [0.29, 0.717) is 17.0 Å². The smallest absolute Gasteiger partial charge is 0.379 e. The van der Waals surface area contributed by atoms with Gasteiger partial charge >= 0.3 is 5.97 Å². The molecule has 2 heterocycles. The van der Waals surface area contributed by atoms with Crippen molar-refractivity contribution in [3.05, 3.63) is 120 Å². The number of carbonyl (C=O) groups excluding carboxylic acids is 2. The van der Waals surface area contributed by atoms with Crippen LogP contribution in [0, 0.1) is 0 Å². The first kappa shape index (κ1) is 24.7. The molecule has 0 fully saturated rings. The monoisotopic (exact) mass is 529 g/mol. The number of aromatic amines is 1. The van der Waals surface area contributed by atoms with Gasteiger partial charge < -0.3 is 18.9 Å². The fourth-order valence-electron chi connectivity index (χ4n) is 4.63. The number of H-pyrrole nitrogens is 1. The zero-order valence-electron chi connectivity index (χ0n) is 21.4. The zero-order valence-corrected chi connectivity index (χ0v) is 21.4. The van der Waals surface area contributed by atoms with Gasteiger partial charge in [0.05, 0.1) is 25.1 Å². The molecule has 0 saturated heterocycles. The van der Waals surface area contributed by atoms with Gasteiger partial charge in [0, 0.05) is 16.3 Å². The number of carbonyl (C=O) groups is 2. The Hall–Kier alpha value is -5.63. The summed E-state index contributed by atoms with van der Waals surface area (Å²) < 4.78 is 15.8. The van der Waals surface area contributed by atoms with Crippen molar-refractivity contribution < 1.29 is 23.5 Å². The molecule has 1 amide bonds. The second-order valence-corrected chi connectivity index (χ2v) is 8.93. The van der Waals surface area contributed by atoms with Gasteiger partial charge in [0.2, 0.25) is 5.76 Å². The highest BCUT2D eigenvalue weighted by Gasteiger charge is 2.20. The first-order chi connectivity index (χ1) is 19.6. The second kappa shape index (κ2) is 10.6. The standard InChI is InChI=1S/C32H23N3O5/c1-38-27-18-20(13-16-25(27)40-32(37)26-12-7-17-39-26)19-33-35-31(36)30-28(22-9-3-2-4-10-22)24-15-14-21-8-5-6-11-23(21)29(24)34-30/h2-19,34H,1H3,(H,35,36). The van der Waals surface area contributed by atoms with Crippen molar-refractivity contribution in [1.82, 2.24) is 10.4 Å². The highest BCUT2D eigenvalue weighted by molar-refractivity contribution is 6.16. The molecule has 6 rings (SSSR count). The Balaban J connectivity index is 1.27. The molecule has 0 spiro atoms. The van der Waals surface area contributed by atoms with E-state index in [0.717, 1.165) is 32.8 Å². The number of rotatable bonds is 7. The number of amides is 1. The number of nitrogens with zero attached hydrogens (tertiary/aromatic N) is 1. The maximum atomic E-state index is 13.4. The van der Waals surface area contributed by atoms with Crippen LogP contribution in [0.3, 0.4) is 0 Å². The summed E-state index contributed by atoms with van der Waals surface area (Å²) in [7, 11) is 1.47. The molecular formula is C32H23N3O5. The number of benzene rings is 4. The topological polar surface area (TPSA) is 106 Å². The number of ether oxygens (including phenoxy) is 2. The van der Waals surface area contributed by atoms with Gasteiger partial charge in [0.15, 0.2) is 11.5 Å². The lowest BCUT2D eigenvalue weighted by molar-refractivity contribution is 0.0696. The van der Waals surface area contributed by atoms with Crippen LogP contribution in [0.15, 0.2) is 113 Å². The lowest BCUT2D eigenvalue weighted by Gasteiger charge is -2.09. The molecule has 2 aromatic heterocycles. The van der Waals surface area contributed by atoms with E-state index in [4.69, 9.17) is 13.9 Å². The van der Waals surface area contributed by atoms with Gasteiger partial charge in [0.1, 0.15) is 5.69 Å². The Kier molecular flexibility index (Phi) is 6.56. The number of furan rings is 1. The maximum absolute atomic E-state index is 13.4. The SMILES string of the molecule is COc1cc(C=NNC(=O)c2[nH]c3c(ccc4ccccc43)c2-c2ccccc2)ccc1OC(=O)c1ccco1. The number of aromatic nitrogens is 1. The van der Waals surface area contributed by atoms with E-state index in [1.54, 1.807) is 24.3 Å². The molecule has 0 aliphatic rings. The zero-order chi connectivity index (χ0) is 27.5. The van der Waals surface area contributed by atoms with Crippen molar-refractivity contribution in [2.45, 2.75) is 0 Å². The number of hydrogen-bond donors (Lipinski definition) is 2. The molecule has 0 radical (unpaired) electrons. The lowest BCUT2D eigenvalue weighted by Crippen LogP contribution is -2.18. The quantitative estimate of drug-likeness (QED) is 0.105. The van der Waals surface area contributed by atoms with Crippen LogP contribution < -0.4 is 14.9 Å². The first-order valence-electron chi connectivity index (χ1n) is 12.5. The molecule has 4 aromatic carbocycles. The molecule has 2 N–H and O–H groups in total. The predicted octanol–water partition coefficient (Wildman–Crippen LogP) is 6.57. The fraction of sp³-hybridized carbons (Fsp3) is 0.0312. The summed E-state index contributed by atoms with van der Waals surface area (Å²) in [6.07, 6.45) is 2.88. The maximum Gasteiger partial charge on any atom is 0.379 e. The third-order valence-electron chi connectivity index (χ3n) is 6.48. The van der Waals surface area contributed by atoms with Crippen molar-refractivity contribution in [2.24, 2.45) is 5.10 Å². The van der Waals surface area contributed by atoms with Gasteiger partial charge in [0.25, 0.3) is 5.91 Å². The number of hydrazone groups is 1. The van der Waals surface area contributed by atoms with Crippen molar-refractivity contribution in [2.75, 3.05) is 7.11 Å². The van der Waals surface area contributed by atoms with E-state index in [2.05, 4.69) is 21.6 Å². The van der Waals surface area contributed by atoms with E-state index >= 15 is 0 Å². The highest BCUT2D eigenvalue weighted by Crippen LogP contribution is 2.36. The molecule has 0 aliphatic carbocycles. The normalized spacial score (nSPS) is 11.2. The number of hydrogen-bond acceptors (Lipinski definition) is 6. The summed E-state index contributed by atoms with van der Waals surface area (Å²) in [4.78, 5) is 29.0. The first-order valence-corrected chi connectivity index (χ1v) is 12.5. The second-order valence-electron chi connectivity index (χ2n) is 8.93. The third kappa shape index (κ3) is 4.69. The van der Waals surface area contributed by atoms with E-state index < -0.39 is 5.97 Å². The van der Waals surface area contributed by atoms with Crippen molar-refractivity contribution in [1.29, 1.82) is 0 Å². The molecule has 8 nitrogen and oxygen atoms in total. The van der Waals surface area contributed by atoms with Gasteiger partial charge in [-0.3, -0.25) is 4.79 Å². The third-order valence-corrected chi connectivity index (χ3v) is 6.48. The van der Waals surface area contributed by atoms with Crippen LogP contribution in [0.2, 0.25) is 0 Å². The average Bonchev–Trinajstić information content (AvgIpc) is 3.67. The molecule has 196 valence electrons. The Morgan fingerprint density at radius 1 is 0.875 bits per heavy atom. The van der Waals surface area contributed by atoms with Gasteiger partial charge in [-0.1, -0.05) is 66.7 Å². The number of nitrogens with one attached hydrogen (secondary N) is 2. The number of methoxy groups -OCH3 is 1. The molecule has 0 unspecified atom stereocenters. The molecule has 0 aliphatic heterocycles. The van der Waals surface area contributed by atoms with Crippen molar-refractivity contribution >= 4 is 39.8 Å². The fourth-order valence-corrected chi connectivity index (χ4v) is 4.63. The molecule has 0 bridgehead atoms. The largest absolute Gasteiger partial charge is 0.493 e.